The molecule has 0 spiro atoms. The second-order valence-corrected chi connectivity index (χ2v) is 5.24. The minimum Gasteiger partial charge on any atom is -0.507 e. The second kappa shape index (κ2) is 6.30. The average Bonchev–Trinajstić information content (AvgIpc) is 2.34. The molecule has 0 aliphatic rings. The summed E-state index contributed by atoms with van der Waals surface area (Å²) >= 11 is 0. The first kappa shape index (κ1) is 15.1. The smallest absolute Gasteiger partial charge is 0.264 e. The lowest BCUT2D eigenvalue weighted by atomic mass is 10.1. The molecule has 19 heavy (non-hydrogen) atoms. The van der Waals surface area contributed by atoms with Gasteiger partial charge in [-0.15, -0.1) is 0 Å². The summed E-state index contributed by atoms with van der Waals surface area (Å²) in [6, 6.07) is 2.26. The Kier molecular flexibility index (Phi) is 5.02. The Hall–Kier alpha value is -1.93. The number of phenolic OH excluding ortho intramolecular Hbond substituents is 1. The van der Waals surface area contributed by atoms with Gasteiger partial charge in [-0.2, -0.15) is 8.42 Å². The van der Waals surface area contributed by atoms with Crippen LogP contribution in [0.25, 0.3) is 0 Å². The van der Waals surface area contributed by atoms with Gasteiger partial charge in [0, 0.05) is 0 Å². The molecule has 0 aromatic heterocycles. The van der Waals surface area contributed by atoms with E-state index in [1.54, 1.807) is 0 Å². The van der Waals surface area contributed by atoms with Crippen molar-refractivity contribution in [3.05, 3.63) is 23.3 Å². The monoisotopic (exact) mass is 288 g/mol. The number of hydrogen-bond acceptors (Lipinski definition) is 6. The van der Waals surface area contributed by atoms with Crippen LogP contribution in [0.1, 0.15) is 27.1 Å². The number of ether oxygens (including phenoxy) is 1. The second-order valence-electron chi connectivity index (χ2n) is 3.67. The van der Waals surface area contributed by atoms with Crippen molar-refractivity contribution >= 4 is 22.7 Å². The number of phenols is 1. The Balaban J connectivity index is 2.77. The van der Waals surface area contributed by atoms with Crippen LogP contribution in [-0.4, -0.2) is 43.0 Å². The molecule has 0 unspecified atom stereocenters. The molecule has 0 radical (unpaired) electrons. The van der Waals surface area contributed by atoms with Crippen LogP contribution in [0.15, 0.2) is 12.1 Å². The Bertz CT molecular complexity index is 577. The molecule has 7 nitrogen and oxygen atoms in total. The summed E-state index contributed by atoms with van der Waals surface area (Å²) in [5.74, 6) is -0.755. The van der Waals surface area contributed by atoms with Crippen molar-refractivity contribution in [2.24, 2.45) is 0 Å². The van der Waals surface area contributed by atoms with Crippen LogP contribution in [0.5, 0.6) is 11.5 Å². The average molecular weight is 288 g/mol. The van der Waals surface area contributed by atoms with Crippen molar-refractivity contribution < 1.29 is 32.4 Å². The van der Waals surface area contributed by atoms with Crippen molar-refractivity contribution in [1.29, 1.82) is 0 Å². The van der Waals surface area contributed by atoms with Crippen LogP contribution < -0.4 is 4.74 Å². The molecule has 0 aliphatic heterocycles. The molecule has 104 valence electrons. The van der Waals surface area contributed by atoms with E-state index in [0.29, 0.717) is 12.6 Å². The fourth-order valence-corrected chi connectivity index (χ4v) is 1.82. The predicted molar refractivity (Wildman–Crippen MR) is 65.4 cm³/mol. The Labute approximate surface area is 109 Å². The number of carbonyl (C=O) groups excluding carboxylic acids is 2. The zero-order valence-electron chi connectivity index (χ0n) is 9.77. The molecule has 1 aromatic rings. The summed E-state index contributed by atoms with van der Waals surface area (Å²) in [7, 11) is -4.06. The number of aldehydes is 2. The topological polar surface area (TPSA) is 118 Å². The molecule has 8 heteroatoms. The summed E-state index contributed by atoms with van der Waals surface area (Å²) in [5.41, 5.74) is -0.00895. The maximum atomic E-state index is 10.8. The van der Waals surface area contributed by atoms with E-state index in [9.17, 15) is 23.1 Å². The molecule has 1 aromatic carbocycles. The van der Waals surface area contributed by atoms with Crippen LogP contribution in [0, 0.1) is 0 Å². The first-order chi connectivity index (χ1) is 8.87. The van der Waals surface area contributed by atoms with Crippen LogP contribution >= 0.6 is 0 Å². The first-order valence-corrected chi connectivity index (χ1v) is 6.83. The van der Waals surface area contributed by atoms with Crippen molar-refractivity contribution in [3.8, 4) is 11.5 Å². The van der Waals surface area contributed by atoms with E-state index in [1.165, 1.54) is 6.07 Å². The normalized spacial score (nSPS) is 11.0. The fourth-order valence-electron chi connectivity index (χ4n) is 1.34. The minimum atomic E-state index is -4.06. The molecule has 0 atom stereocenters. The fraction of sp³-hybridized carbons (Fsp3) is 0.273. The SMILES string of the molecule is O=Cc1cc(OCCCS(=O)(=O)O)c(C=O)cc1O. The molecule has 0 fully saturated rings. The maximum Gasteiger partial charge on any atom is 0.264 e. The van der Waals surface area contributed by atoms with E-state index in [1.807, 2.05) is 0 Å². The first-order valence-electron chi connectivity index (χ1n) is 5.22. The lowest BCUT2D eigenvalue weighted by Crippen LogP contribution is -2.09. The molecule has 0 aliphatic carbocycles. The van der Waals surface area contributed by atoms with E-state index in [2.05, 4.69) is 0 Å². The molecule has 0 saturated carbocycles. The highest BCUT2D eigenvalue weighted by molar-refractivity contribution is 7.85. The Morgan fingerprint density at radius 1 is 1.16 bits per heavy atom. The molecule has 1 rings (SSSR count). The number of aromatic hydroxyl groups is 1. The Morgan fingerprint density at radius 3 is 2.32 bits per heavy atom. The third-order valence-electron chi connectivity index (χ3n) is 2.22. The van der Waals surface area contributed by atoms with Gasteiger partial charge in [0.2, 0.25) is 0 Å². The number of carbonyl (C=O) groups is 2. The van der Waals surface area contributed by atoms with E-state index < -0.39 is 15.9 Å². The van der Waals surface area contributed by atoms with Gasteiger partial charge in [-0.1, -0.05) is 0 Å². The summed E-state index contributed by atoms with van der Waals surface area (Å²) in [4.78, 5) is 21.4. The molecule has 0 heterocycles. The van der Waals surface area contributed by atoms with Gasteiger partial charge < -0.3 is 9.84 Å². The van der Waals surface area contributed by atoms with Gasteiger partial charge in [0.15, 0.2) is 12.6 Å². The lowest BCUT2D eigenvalue weighted by molar-refractivity contribution is 0.110. The number of benzene rings is 1. The summed E-state index contributed by atoms with van der Waals surface area (Å²) in [6.07, 6.45) is 0.857. The molecule has 0 saturated heterocycles. The molecular formula is C11H12O7S. The van der Waals surface area contributed by atoms with Crippen molar-refractivity contribution in [3.63, 3.8) is 0 Å². The summed E-state index contributed by atoms with van der Waals surface area (Å²) in [6.45, 7) is -0.0658. The number of rotatable bonds is 7. The molecular weight excluding hydrogens is 276 g/mol. The van der Waals surface area contributed by atoms with Crippen LogP contribution in [0.3, 0.4) is 0 Å². The van der Waals surface area contributed by atoms with Gasteiger partial charge in [-0.25, -0.2) is 0 Å². The largest absolute Gasteiger partial charge is 0.507 e. The van der Waals surface area contributed by atoms with E-state index in [0.717, 1.165) is 6.07 Å². The van der Waals surface area contributed by atoms with Crippen LogP contribution in [0.4, 0.5) is 0 Å². The van der Waals surface area contributed by atoms with E-state index >= 15 is 0 Å². The van der Waals surface area contributed by atoms with Gasteiger partial charge in [0.05, 0.1) is 23.5 Å². The van der Waals surface area contributed by atoms with E-state index in [-0.39, 0.29) is 35.7 Å². The molecule has 0 amide bonds. The van der Waals surface area contributed by atoms with Crippen molar-refractivity contribution in [1.82, 2.24) is 0 Å². The summed E-state index contributed by atoms with van der Waals surface area (Å²) in [5, 5.41) is 9.37. The standard InChI is InChI=1S/C11H12O7S/c12-6-8-5-11(9(7-13)4-10(8)14)18-2-1-3-19(15,16)17/h4-7,14H,1-3H2,(H,15,16,17). The zero-order valence-corrected chi connectivity index (χ0v) is 10.6. The van der Waals surface area contributed by atoms with Crippen molar-refractivity contribution in [2.45, 2.75) is 6.42 Å². The van der Waals surface area contributed by atoms with Crippen LogP contribution in [-0.2, 0) is 10.1 Å². The van der Waals surface area contributed by atoms with Gasteiger partial charge >= 0.3 is 0 Å². The molecule has 2 N–H and O–H groups in total. The van der Waals surface area contributed by atoms with Gasteiger partial charge in [-0.3, -0.25) is 14.1 Å². The summed E-state index contributed by atoms with van der Waals surface area (Å²) < 4.78 is 34.6. The third kappa shape index (κ3) is 4.68. The van der Waals surface area contributed by atoms with Gasteiger partial charge in [0.25, 0.3) is 10.1 Å². The third-order valence-corrected chi connectivity index (χ3v) is 3.02. The van der Waals surface area contributed by atoms with E-state index in [4.69, 9.17) is 9.29 Å². The highest BCUT2D eigenvalue weighted by Crippen LogP contribution is 2.26. The van der Waals surface area contributed by atoms with Gasteiger partial charge in [-0.05, 0) is 18.6 Å². The lowest BCUT2D eigenvalue weighted by Gasteiger charge is -2.09. The molecule has 0 bridgehead atoms. The van der Waals surface area contributed by atoms with Crippen LogP contribution in [0.2, 0.25) is 0 Å². The quantitative estimate of drug-likeness (QED) is 0.430. The van der Waals surface area contributed by atoms with Crippen molar-refractivity contribution in [2.75, 3.05) is 12.4 Å². The maximum absolute atomic E-state index is 10.8. The highest BCUT2D eigenvalue weighted by Gasteiger charge is 2.10. The number of hydrogen-bond donors (Lipinski definition) is 2. The predicted octanol–water partition coefficient (Wildman–Crippen LogP) is 0.674. The minimum absolute atomic E-state index is 0.0223. The van der Waals surface area contributed by atoms with Gasteiger partial charge in [0.1, 0.15) is 11.5 Å². The highest BCUT2D eigenvalue weighted by atomic mass is 32.2. The Morgan fingerprint density at radius 2 is 1.79 bits per heavy atom. The zero-order chi connectivity index (χ0) is 14.5.